The molecule has 0 aliphatic heterocycles. The van der Waals surface area contributed by atoms with E-state index in [0.29, 0.717) is 6.04 Å². The Bertz CT molecular complexity index is 658. The van der Waals surface area contributed by atoms with Crippen LogP contribution in [0.15, 0.2) is 91.0 Å². The molecule has 0 aliphatic carbocycles. The summed E-state index contributed by atoms with van der Waals surface area (Å²) in [6.45, 7) is 0. The summed E-state index contributed by atoms with van der Waals surface area (Å²) >= 11 is 3.63. The van der Waals surface area contributed by atoms with E-state index >= 15 is 0 Å². The summed E-state index contributed by atoms with van der Waals surface area (Å²) in [5, 5.41) is 0.961. The lowest BCUT2D eigenvalue weighted by molar-refractivity contribution is 0.681. The van der Waals surface area contributed by atoms with Gasteiger partial charge in [0.1, 0.15) is 0 Å². The Morgan fingerprint density at radius 3 is 1.52 bits per heavy atom. The molecule has 3 aromatic carbocycles. The molecule has 116 valence electrons. The van der Waals surface area contributed by atoms with Crippen molar-refractivity contribution in [1.82, 2.24) is 0 Å². The number of halogens is 1. The second-order valence-electron chi connectivity index (χ2n) is 5.45. The average Bonchev–Trinajstić information content (AvgIpc) is 2.64. The molecule has 0 radical (unpaired) electrons. The minimum Gasteiger partial charge on any atom is -0.334 e. The van der Waals surface area contributed by atoms with Gasteiger partial charge in [-0.3, -0.25) is 0 Å². The first kappa shape index (κ1) is 15.8. The van der Waals surface area contributed by atoms with Crippen LogP contribution in [0.4, 0.5) is 11.4 Å². The summed E-state index contributed by atoms with van der Waals surface area (Å²) in [6, 6.07) is 32.3. The van der Waals surface area contributed by atoms with Crippen molar-refractivity contribution in [2.75, 3.05) is 10.2 Å². The van der Waals surface area contributed by atoms with Crippen LogP contribution in [0.5, 0.6) is 0 Å². The predicted molar refractivity (Wildman–Crippen MR) is 103 cm³/mol. The summed E-state index contributed by atoms with van der Waals surface area (Å²) in [6.07, 6.45) is 1.04. The van der Waals surface area contributed by atoms with Crippen molar-refractivity contribution < 1.29 is 0 Å². The average molecular weight is 366 g/mol. The molecule has 0 aromatic heterocycles. The van der Waals surface area contributed by atoms with Crippen molar-refractivity contribution in [1.29, 1.82) is 0 Å². The van der Waals surface area contributed by atoms with Gasteiger partial charge in [0, 0.05) is 16.7 Å². The molecule has 1 atom stereocenters. The van der Waals surface area contributed by atoms with Gasteiger partial charge >= 0.3 is 0 Å². The smallest absolute Gasteiger partial charge is 0.0599 e. The molecule has 23 heavy (non-hydrogen) atoms. The Morgan fingerprint density at radius 2 is 1.09 bits per heavy atom. The van der Waals surface area contributed by atoms with Gasteiger partial charge in [-0.1, -0.05) is 82.7 Å². The molecule has 1 nitrogen and oxygen atoms in total. The number of hydrogen-bond donors (Lipinski definition) is 0. The molecule has 0 aliphatic rings. The van der Waals surface area contributed by atoms with Crippen LogP contribution in [0.1, 0.15) is 18.0 Å². The third kappa shape index (κ3) is 3.83. The van der Waals surface area contributed by atoms with E-state index in [1.54, 1.807) is 0 Å². The fourth-order valence-corrected chi connectivity index (χ4v) is 3.34. The summed E-state index contributed by atoms with van der Waals surface area (Å²) in [5.74, 6) is 0. The minimum absolute atomic E-state index is 0.292. The molecule has 0 bridgehead atoms. The molecule has 1 unspecified atom stereocenters. The number of hydrogen-bond acceptors (Lipinski definition) is 1. The summed E-state index contributed by atoms with van der Waals surface area (Å²) in [4.78, 5) is 2.43. The Kier molecular flexibility index (Phi) is 5.49. The quantitative estimate of drug-likeness (QED) is 0.460. The molecule has 2 heteroatoms. The van der Waals surface area contributed by atoms with Crippen molar-refractivity contribution in [3.63, 3.8) is 0 Å². The largest absolute Gasteiger partial charge is 0.334 e. The highest BCUT2D eigenvalue weighted by Gasteiger charge is 2.21. The maximum Gasteiger partial charge on any atom is 0.0599 e. The third-order valence-corrected chi connectivity index (χ3v) is 4.41. The second kappa shape index (κ2) is 7.98. The van der Waals surface area contributed by atoms with E-state index in [0.717, 1.165) is 11.8 Å². The summed E-state index contributed by atoms with van der Waals surface area (Å²) < 4.78 is 0. The standard InChI is InChI=1S/C21H20BrN/c22-17-16-21(18-10-4-1-5-11-18)23(19-12-6-2-7-13-19)20-14-8-3-9-15-20/h1-15,21H,16-17H2. The van der Waals surface area contributed by atoms with Gasteiger partial charge in [0.05, 0.1) is 6.04 Å². The third-order valence-electron chi connectivity index (χ3n) is 3.95. The zero-order valence-electron chi connectivity index (χ0n) is 13.0. The summed E-state index contributed by atoms with van der Waals surface area (Å²) in [7, 11) is 0. The van der Waals surface area contributed by atoms with E-state index in [2.05, 4.69) is 112 Å². The molecule has 3 rings (SSSR count). The number of para-hydroxylation sites is 2. The van der Waals surface area contributed by atoms with Crippen molar-refractivity contribution >= 4 is 27.3 Å². The molecular formula is C21H20BrN. The SMILES string of the molecule is BrCCC(c1ccccc1)N(c1ccccc1)c1ccccc1. The Labute approximate surface area is 146 Å². The van der Waals surface area contributed by atoms with Gasteiger partial charge in [-0.25, -0.2) is 0 Å². The highest BCUT2D eigenvalue weighted by Crippen LogP contribution is 2.37. The van der Waals surface area contributed by atoms with Gasteiger partial charge in [-0.15, -0.1) is 0 Å². The van der Waals surface area contributed by atoms with Gasteiger partial charge in [0.15, 0.2) is 0 Å². The van der Waals surface area contributed by atoms with E-state index in [1.165, 1.54) is 16.9 Å². The monoisotopic (exact) mass is 365 g/mol. The van der Waals surface area contributed by atoms with Crippen LogP contribution in [0.25, 0.3) is 0 Å². The van der Waals surface area contributed by atoms with Crippen LogP contribution in [0.2, 0.25) is 0 Å². The number of benzene rings is 3. The molecule has 0 amide bonds. The zero-order chi connectivity index (χ0) is 15.9. The number of rotatable bonds is 6. The van der Waals surface area contributed by atoms with Crippen molar-refractivity contribution in [2.45, 2.75) is 12.5 Å². The van der Waals surface area contributed by atoms with Crippen LogP contribution in [0.3, 0.4) is 0 Å². The van der Waals surface area contributed by atoms with Crippen molar-refractivity contribution in [3.8, 4) is 0 Å². The fraction of sp³-hybridized carbons (Fsp3) is 0.143. The fourth-order valence-electron chi connectivity index (χ4n) is 2.91. The van der Waals surface area contributed by atoms with Gasteiger partial charge < -0.3 is 4.90 Å². The van der Waals surface area contributed by atoms with Crippen molar-refractivity contribution in [2.24, 2.45) is 0 Å². The van der Waals surface area contributed by atoms with E-state index in [-0.39, 0.29) is 0 Å². The van der Waals surface area contributed by atoms with Crippen LogP contribution in [-0.2, 0) is 0 Å². The number of anilines is 2. The summed E-state index contributed by atoms with van der Waals surface area (Å²) in [5.41, 5.74) is 3.77. The molecule has 0 heterocycles. The molecule has 0 fully saturated rings. The molecule has 0 N–H and O–H groups in total. The van der Waals surface area contributed by atoms with Crippen LogP contribution in [0, 0.1) is 0 Å². The zero-order valence-corrected chi connectivity index (χ0v) is 14.6. The van der Waals surface area contributed by atoms with Crippen LogP contribution in [-0.4, -0.2) is 5.33 Å². The van der Waals surface area contributed by atoms with E-state index in [9.17, 15) is 0 Å². The lowest BCUT2D eigenvalue weighted by atomic mass is 10.0. The molecular weight excluding hydrogens is 346 g/mol. The maximum atomic E-state index is 3.63. The number of nitrogens with zero attached hydrogens (tertiary/aromatic N) is 1. The molecule has 0 saturated carbocycles. The van der Waals surface area contributed by atoms with Gasteiger partial charge in [0.25, 0.3) is 0 Å². The lowest BCUT2D eigenvalue weighted by Gasteiger charge is -2.34. The first-order valence-electron chi connectivity index (χ1n) is 7.90. The van der Waals surface area contributed by atoms with E-state index in [1.807, 2.05) is 0 Å². The Morgan fingerprint density at radius 1 is 0.652 bits per heavy atom. The lowest BCUT2D eigenvalue weighted by Crippen LogP contribution is -2.24. The second-order valence-corrected chi connectivity index (χ2v) is 6.24. The normalized spacial score (nSPS) is 11.9. The number of alkyl halides is 1. The van der Waals surface area contributed by atoms with Gasteiger partial charge in [0.2, 0.25) is 0 Å². The van der Waals surface area contributed by atoms with E-state index in [4.69, 9.17) is 0 Å². The Hall–Kier alpha value is -2.06. The van der Waals surface area contributed by atoms with Crippen LogP contribution >= 0.6 is 15.9 Å². The Balaban J connectivity index is 2.09. The van der Waals surface area contributed by atoms with Crippen LogP contribution < -0.4 is 4.90 Å². The maximum absolute atomic E-state index is 3.63. The van der Waals surface area contributed by atoms with Gasteiger partial charge in [-0.2, -0.15) is 0 Å². The van der Waals surface area contributed by atoms with Crippen molar-refractivity contribution in [3.05, 3.63) is 96.6 Å². The molecule has 3 aromatic rings. The van der Waals surface area contributed by atoms with Gasteiger partial charge in [-0.05, 0) is 36.2 Å². The molecule has 0 spiro atoms. The highest BCUT2D eigenvalue weighted by atomic mass is 79.9. The predicted octanol–water partition coefficient (Wildman–Crippen LogP) is 6.35. The first-order valence-corrected chi connectivity index (χ1v) is 9.02. The molecule has 0 saturated heterocycles. The highest BCUT2D eigenvalue weighted by molar-refractivity contribution is 9.09. The van der Waals surface area contributed by atoms with E-state index < -0.39 is 0 Å². The minimum atomic E-state index is 0.292. The topological polar surface area (TPSA) is 3.24 Å². The first-order chi connectivity index (χ1) is 11.4.